The number of pyridine rings is 1. The molecule has 0 unspecified atom stereocenters. The van der Waals surface area contributed by atoms with Gasteiger partial charge in [0.05, 0.1) is 16.4 Å². The van der Waals surface area contributed by atoms with Crippen molar-refractivity contribution >= 4 is 23.2 Å². The number of hydrogen-bond donors (Lipinski definition) is 1. The normalized spacial score (nSPS) is 10.8. The van der Waals surface area contributed by atoms with Crippen LogP contribution in [-0.2, 0) is 0 Å². The zero-order valence-electron chi connectivity index (χ0n) is 13.1. The fourth-order valence-corrected chi connectivity index (χ4v) is 3.21. The summed E-state index contributed by atoms with van der Waals surface area (Å²) in [7, 11) is 0. The van der Waals surface area contributed by atoms with Crippen molar-refractivity contribution in [2.24, 2.45) is 0 Å². The summed E-state index contributed by atoms with van der Waals surface area (Å²) in [6.45, 7) is 0. The first-order valence-electron chi connectivity index (χ1n) is 7.73. The lowest BCUT2D eigenvalue weighted by Crippen LogP contribution is -1.85. The van der Waals surface area contributed by atoms with Gasteiger partial charge in [-0.25, -0.2) is 4.98 Å². The molecule has 0 spiro atoms. The molecule has 0 saturated carbocycles. The van der Waals surface area contributed by atoms with E-state index in [1.165, 1.54) is 0 Å². The molecular formula is C20H13Cl2N3. The molecule has 3 nitrogen and oxygen atoms in total. The van der Waals surface area contributed by atoms with Crippen molar-refractivity contribution < 1.29 is 0 Å². The minimum Gasteiger partial charge on any atom is -0.337 e. The van der Waals surface area contributed by atoms with Crippen LogP contribution in [0.1, 0.15) is 0 Å². The minimum absolute atomic E-state index is 0.578. The summed E-state index contributed by atoms with van der Waals surface area (Å²) in [6.07, 6.45) is 3.49. The van der Waals surface area contributed by atoms with E-state index in [2.05, 4.69) is 9.97 Å². The van der Waals surface area contributed by atoms with Gasteiger partial charge in [-0.15, -0.1) is 0 Å². The molecule has 4 aromatic rings. The van der Waals surface area contributed by atoms with Crippen LogP contribution in [0.5, 0.6) is 0 Å². The van der Waals surface area contributed by atoms with Gasteiger partial charge in [0.2, 0.25) is 0 Å². The number of nitrogens with one attached hydrogen (secondary N) is 1. The molecule has 0 bridgehead atoms. The average molecular weight is 366 g/mol. The van der Waals surface area contributed by atoms with Gasteiger partial charge in [0.25, 0.3) is 0 Å². The van der Waals surface area contributed by atoms with E-state index >= 15 is 0 Å². The van der Waals surface area contributed by atoms with Crippen molar-refractivity contribution in [3.63, 3.8) is 0 Å². The molecule has 2 aromatic carbocycles. The highest BCUT2D eigenvalue weighted by atomic mass is 35.5. The Bertz CT molecular complexity index is 1010. The molecule has 0 aliphatic heterocycles. The first-order valence-corrected chi connectivity index (χ1v) is 8.49. The number of nitrogens with zero attached hydrogens (tertiary/aromatic N) is 2. The van der Waals surface area contributed by atoms with Gasteiger partial charge >= 0.3 is 0 Å². The average Bonchev–Trinajstić information content (AvgIpc) is 3.08. The second kappa shape index (κ2) is 6.71. The number of benzene rings is 2. The van der Waals surface area contributed by atoms with Crippen LogP contribution >= 0.6 is 23.2 Å². The number of aromatic amines is 1. The molecule has 0 saturated heterocycles. The summed E-state index contributed by atoms with van der Waals surface area (Å²) in [4.78, 5) is 12.3. The lowest BCUT2D eigenvalue weighted by molar-refractivity contribution is 1.27. The van der Waals surface area contributed by atoms with Crippen molar-refractivity contribution in [2.75, 3.05) is 0 Å². The molecule has 0 atom stereocenters. The van der Waals surface area contributed by atoms with Crippen LogP contribution in [-0.4, -0.2) is 15.0 Å². The Hall–Kier alpha value is -2.62. The molecule has 25 heavy (non-hydrogen) atoms. The predicted molar refractivity (Wildman–Crippen MR) is 103 cm³/mol. The second-order valence-corrected chi connectivity index (χ2v) is 6.38. The molecule has 5 heteroatoms. The summed E-state index contributed by atoms with van der Waals surface area (Å²) < 4.78 is 0. The van der Waals surface area contributed by atoms with Crippen LogP contribution in [0.15, 0.2) is 73.1 Å². The summed E-state index contributed by atoms with van der Waals surface area (Å²) in [5.41, 5.74) is 4.54. The van der Waals surface area contributed by atoms with Gasteiger partial charge in [-0.2, -0.15) is 0 Å². The van der Waals surface area contributed by atoms with E-state index in [1.54, 1.807) is 18.5 Å². The fraction of sp³-hybridized carbons (Fsp3) is 0. The molecular weight excluding hydrogens is 353 g/mol. The predicted octanol–water partition coefficient (Wildman–Crippen LogP) is 6.11. The van der Waals surface area contributed by atoms with Gasteiger partial charge in [-0.3, -0.25) is 4.98 Å². The van der Waals surface area contributed by atoms with Crippen molar-refractivity contribution in [1.29, 1.82) is 0 Å². The second-order valence-electron chi connectivity index (χ2n) is 5.54. The van der Waals surface area contributed by atoms with Crippen molar-refractivity contribution in [2.45, 2.75) is 0 Å². The Labute approximate surface area is 155 Å². The highest BCUT2D eigenvalue weighted by Gasteiger charge is 2.17. The number of H-pyrrole nitrogens is 1. The maximum absolute atomic E-state index is 6.44. The van der Waals surface area contributed by atoms with E-state index in [-0.39, 0.29) is 0 Å². The highest BCUT2D eigenvalue weighted by molar-refractivity contribution is 6.36. The fourth-order valence-electron chi connectivity index (χ4n) is 2.71. The monoisotopic (exact) mass is 365 g/mol. The Kier molecular flexibility index (Phi) is 4.26. The van der Waals surface area contributed by atoms with Gasteiger partial charge in [0, 0.05) is 34.1 Å². The summed E-state index contributed by atoms with van der Waals surface area (Å²) in [5, 5.41) is 1.18. The van der Waals surface area contributed by atoms with Gasteiger partial charge in [0.1, 0.15) is 5.82 Å². The molecule has 4 rings (SSSR count). The zero-order chi connectivity index (χ0) is 17.2. The molecule has 0 radical (unpaired) electrons. The zero-order valence-corrected chi connectivity index (χ0v) is 14.6. The summed E-state index contributed by atoms with van der Waals surface area (Å²) in [6, 6.07) is 19.3. The van der Waals surface area contributed by atoms with Gasteiger partial charge in [0.15, 0.2) is 0 Å². The smallest absolute Gasteiger partial charge is 0.138 e. The van der Waals surface area contributed by atoms with Gasteiger partial charge in [-0.05, 0) is 30.3 Å². The number of halogens is 2. The lowest BCUT2D eigenvalue weighted by atomic mass is 10.1. The molecule has 0 amide bonds. The van der Waals surface area contributed by atoms with E-state index in [9.17, 15) is 0 Å². The van der Waals surface area contributed by atoms with E-state index in [4.69, 9.17) is 28.2 Å². The largest absolute Gasteiger partial charge is 0.337 e. The lowest BCUT2D eigenvalue weighted by Gasteiger charge is -2.06. The highest BCUT2D eigenvalue weighted by Crippen LogP contribution is 2.37. The number of aromatic nitrogens is 3. The Morgan fingerprint density at radius 1 is 0.800 bits per heavy atom. The van der Waals surface area contributed by atoms with Gasteiger partial charge in [-0.1, -0.05) is 53.5 Å². The topological polar surface area (TPSA) is 41.6 Å². The van der Waals surface area contributed by atoms with Crippen LogP contribution in [0.25, 0.3) is 33.9 Å². The summed E-state index contributed by atoms with van der Waals surface area (Å²) in [5.74, 6) is 0.766. The van der Waals surface area contributed by atoms with E-state index < -0.39 is 0 Å². The molecule has 0 aliphatic carbocycles. The third-order valence-electron chi connectivity index (χ3n) is 3.91. The van der Waals surface area contributed by atoms with Gasteiger partial charge < -0.3 is 4.98 Å². The van der Waals surface area contributed by atoms with Crippen LogP contribution in [0.4, 0.5) is 0 Å². The third kappa shape index (κ3) is 3.16. The Balaban J connectivity index is 1.94. The molecule has 2 aromatic heterocycles. The van der Waals surface area contributed by atoms with Crippen LogP contribution in [0, 0.1) is 0 Å². The number of imidazole rings is 1. The molecule has 1 N–H and O–H groups in total. The maximum atomic E-state index is 6.44. The standard InChI is InChI=1S/C20H13Cl2N3/c21-15-6-7-16(17(22)12-15)19-18(13-4-2-1-3-5-13)24-20(25-19)14-8-10-23-11-9-14/h1-12H,(H,24,25). The molecule has 2 heterocycles. The number of hydrogen-bond acceptors (Lipinski definition) is 2. The molecule has 0 aliphatic rings. The number of rotatable bonds is 3. The molecule has 122 valence electrons. The van der Waals surface area contributed by atoms with Crippen molar-refractivity contribution in [3.05, 3.63) is 83.1 Å². The van der Waals surface area contributed by atoms with E-state index in [0.29, 0.717) is 10.0 Å². The first kappa shape index (κ1) is 15.9. The summed E-state index contributed by atoms with van der Waals surface area (Å²) >= 11 is 12.5. The Morgan fingerprint density at radius 3 is 2.28 bits per heavy atom. The van der Waals surface area contributed by atoms with E-state index in [1.807, 2.05) is 54.6 Å². The molecule has 0 fully saturated rings. The van der Waals surface area contributed by atoms with Crippen LogP contribution in [0.2, 0.25) is 10.0 Å². The van der Waals surface area contributed by atoms with E-state index in [0.717, 1.165) is 33.9 Å². The van der Waals surface area contributed by atoms with Crippen LogP contribution < -0.4 is 0 Å². The Morgan fingerprint density at radius 2 is 1.56 bits per heavy atom. The quantitative estimate of drug-likeness (QED) is 0.475. The van der Waals surface area contributed by atoms with Crippen molar-refractivity contribution in [1.82, 2.24) is 15.0 Å². The van der Waals surface area contributed by atoms with Crippen molar-refractivity contribution in [3.8, 4) is 33.9 Å². The maximum Gasteiger partial charge on any atom is 0.138 e. The minimum atomic E-state index is 0.578. The first-order chi connectivity index (χ1) is 12.2. The van der Waals surface area contributed by atoms with Crippen LogP contribution in [0.3, 0.4) is 0 Å². The third-order valence-corrected chi connectivity index (χ3v) is 4.45. The SMILES string of the molecule is Clc1ccc(-c2[nH]c(-c3ccncc3)nc2-c2ccccc2)c(Cl)c1.